The fourth-order valence-electron chi connectivity index (χ4n) is 2.35. The number of hydrogen-bond donors (Lipinski definition) is 0. The third-order valence-corrected chi connectivity index (χ3v) is 3.83. The fourth-order valence-corrected chi connectivity index (χ4v) is 2.35. The van der Waals surface area contributed by atoms with Gasteiger partial charge in [-0.15, -0.1) is 0 Å². The van der Waals surface area contributed by atoms with Crippen molar-refractivity contribution in [1.29, 1.82) is 0 Å². The molecule has 0 heterocycles. The van der Waals surface area contributed by atoms with Crippen LogP contribution in [0.1, 0.15) is 36.6 Å². The lowest BCUT2D eigenvalue weighted by Crippen LogP contribution is -2.33. The highest BCUT2D eigenvalue weighted by Crippen LogP contribution is 2.12. The van der Waals surface area contributed by atoms with Crippen molar-refractivity contribution in [3.63, 3.8) is 0 Å². The van der Waals surface area contributed by atoms with E-state index in [4.69, 9.17) is 9.68 Å². The van der Waals surface area contributed by atoms with Gasteiger partial charge in [0.05, 0.1) is 5.56 Å². The van der Waals surface area contributed by atoms with Crippen LogP contribution in [0.3, 0.4) is 0 Å². The number of rotatable bonds is 6. The average molecular weight is 375 g/mol. The zero-order valence-electron chi connectivity index (χ0n) is 14.9. The van der Waals surface area contributed by atoms with E-state index in [2.05, 4.69) is 0 Å². The minimum atomic E-state index is -0.783. The Morgan fingerprint density at radius 3 is 2.00 bits per heavy atom. The van der Waals surface area contributed by atoms with Crippen molar-refractivity contribution in [2.45, 2.75) is 6.61 Å². The van der Waals surface area contributed by atoms with Crippen LogP contribution in [-0.2, 0) is 16.3 Å². The average Bonchev–Trinajstić information content (AvgIpc) is 2.77. The maximum Gasteiger partial charge on any atom is 0.366 e. The number of hydrogen-bond acceptors (Lipinski definition) is 5. The van der Waals surface area contributed by atoms with E-state index < -0.39 is 11.9 Å². The molecular formula is C22H17NO5. The minimum absolute atomic E-state index is 0.0385. The maximum absolute atomic E-state index is 12.7. The molecule has 0 N–H and O–H groups in total. The molecule has 140 valence electrons. The van der Waals surface area contributed by atoms with Crippen LogP contribution in [0.25, 0.3) is 0 Å². The van der Waals surface area contributed by atoms with E-state index >= 15 is 0 Å². The van der Waals surface area contributed by atoms with Crippen LogP contribution in [0.4, 0.5) is 0 Å². The second-order valence-electron chi connectivity index (χ2n) is 5.81. The first kappa shape index (κ1) is 19.0. The Hall–Kier alpha value is -3.77. The summed E-state index contributed by atoms with van der Waals surface area (Å²) in [6.07, 6.45) is 0.670. The predicted molar refractivity (Wildman–Crippen MR) is 101 cm³/mol. The molecule has 0 bridgehead atoms. The van der Waals surface area contributed by atoms with Crippen LogP contribution in [0, 0.1) is 0 Å². The zero-order valence-corrected chi connectivity index (χ0v) is 14.9. The van der Waals surface area contributed by atoms with E-state index in [0.717, 1.165) is 5.56 Å². The Morgan fingerprint density at radius 1 is 0.786 bits per heavy atom. The highest BCUT2D eigenvalue weighted by atomic mass is 17.0. The highest BCUT2D eigenvalue weighted by molar-refractivity contribution is 5.95. The van der Waals surface area contributed by atoms with Crippen molar-refractivity contribution < 1.29 is 24.1 Å². The Bertz CT molecular complexity index is 940. The summed E-state index contributed by atoms with van der Waals surface area (Å²) in [5.74, 6) is -1.40. The number of hydroxylamine groups is 2. The van der Waals surface area contributed by atoms with Gasteiger partial charge in [-0.1, -0.05) is 60.7 Å². The minimum Gasteiger partial charge on any atom is -0.306 e. The Labute approximate surface area is 161 Å². The van der Waals surface area contributed by atoms with E-state index in [1.54, 1.807) is 30.3 Å². The molecule has 0 unspecified atom stereocenters. The van der Waals surface area contributed by atoms with Crippen molar-refractivity contribution in [2.75, 3.05) is 0 Å². The topological polar surface area (TPSA) is 72.9 Å². The number of amides is 1. The first-order valence-electron chi connectivity index (χ1n) is 8.51. The van der Waals surface area contributed by atoms with E-state index in [1.165, 1.54) is 24.3 Å². The smallest absolute Gasteiger partial charge is 0.306 e. The van der Waals surface area contributed by atoms with Gasteiger partial charge in [0.1, 0.15) is 12.9 Å². The molecule has 0 aromatic heterocycles. The van der Waals surface area contributed by atoms with E-state index in [0.29, 0.717) is 22.6 Å². The lowest BCUT2D eigenvalue weighted by atomic mass is 10.1. The number of carbonyl (C=O) groups is 3. The van der Waals surface area contributed by atoms with Gasteiger partial charge in [0.25, 0.3) is 0 Å². The van der Waals surface area contributed by atoms with Crippen LogP contribution in [0.2, 0.25) is 0 Å². The van der Waals surface area contributed by atoms with Gasteiger partial charge in [0.15, 0.2) is 0 Å². The van der Waals surface area contributed by atoms with Gasteiger partial charge in [-0.2, -0.15) is 0 Å². The maximum atomic E-state index is 12.7. The van der Waals surface area contributed by atoms with Gasteiger partial charge in [0.2, 0.25) is 0 Å². The van der Waals surface area contributed by atoms with Crippen LogP contribution >= 0.6 is 0 Å². The Morgan fingerprint density at radius 2 is 1.39 bits per heavy atom. The molecule has 3 aromatic rings. The van der Waals surface area contributed by atoms with E-state index in [9.17, 15) is 14.4 Å². The van der Waals surface area contributed by atoms with E-state index in [-0.39, 0.29) is 12.2 Å². The first-order chi connectivity index (χ1) is 13.7. The first-order valence-corrected chi connectivity index (χ1v) is 8.51. The molecule has 3 rings (SSSR count). The van der Waals surface area contributed by atoms with Crippen molar-refractivity contribution in [1.82, 2.24) is 5.23 Å². The van der Waals surface area contributed by atoms with Gasteiger partial charge in [-0.25, -0.2) is 9.63 Å². The summed E-state index contributed by atoms with van der Waals surface area (Å²) in [5.41, 5.74) is 1.72. The molecule has 0 aliphatic heterocycles. The molecule has 28 heavy (non-hydrogen) atoms. The van der Waals surface area contributed by atoms with Gasteiger partial charge >= 0.3 is 11.9 Å². The monoisotopic (exact) mass is 375 g/mol. The fraction of sp³-hybridized carbons (Fsp3) is 0.0455. The molecule has 1 amide bonds. The molecule has 0 saturated heterocycles. The molecule has 0 saturated carbocycles. The van der Waals surface area contributed by atoms with Gasteiger partial charge in [-0.3, -0.25) is 9.59 Å². The molecular weight excluding hydrogens is 358 g/mol. The van der Waals surface area contributed by atoms with Crippen molar-refractivity contribution in [3.05, 3.63) is 107 Å². The standard InChI is InChI=1S/C22H17NO5/c24-15-17-11-13-20(14-12-17)22(26)28-23(21(25)19-9-5-2-6-10-19)27-16-18-7-3-1-4-8-18/h1-15H,16H2. The van der Waals surface area contributed by atoms with Crippen molar-refractivity contribution >= 4 is 18.2 Å². The summed E-state index contributed by atoms with van der Waals surface area (Å²) >= 11 is 0. The summed E-state index contributed by atoms with van der Waals surface area (Å²) < 4.78 is 0. The second-order valence-corrected chi connectivity index (χ2v) is 5.81. The largest absolute Gasteiger partial charge is 0.366 e. The Kier molecular flexibility index (Phi) is 6.28. The molecule has 0 aliphatic carbocycles. The zero-order chi connectivity index (χ0) is 19.8. The number of aldehydes is 1. The lowest BCUT2D eigenvalue weighted by Gasteiger charge is -2.20. The summed E-state index contributed by atoms with van der Waals surface area (Å²) in [5, 5.41) is 0.582. The summed E-state index contributed by atoms with van der Waals surface area (Å²) in [4.78, 5) is 46.5. The molecule has 3 aromatic carbocycles. The quantitative estimate of drug-likeness (QED) is 0.483. The second kappa shape index (κ2) is 9.25. The summed E-state index contributed by atoms with van der Waals surface area (Å²) in [7, 11) is 0. The number of benzene rings is 3. The highest BCUT2D eigenvalue weighted by Gasteiger charge is 2.23. The van der Waals surface area contributed by atoms with Crippen LogP contribution in [0.15, 0.2) is 84.9 Å². The summed E-state index contributed by atoms with van der Waals surface area (Å²) in [6.45, 7) is 0.0385. The lowest BCUT2D eigenvalue weighted by molar-refractivity contribution is -0.300. The van der Waals surface area contributed by atoms with Crippen LogP contribution < -0.4 is 0 Å². The van der Waals surface area contributed by atoms with E-state index in [1.807, 2.05) is 30.3 Å². The molecule has 0 atom stereocenters. The van der Waals surface area contributed by atoms with Gasteiger partial charge < -0.3 is 4.84 Å². The third-order valence-electron chi connectivity index (χ3n) is 3.83. The predicted octanol–water partition coefficient (Wildman–Crippen LogP) is 3.85. The molecule has 0 radical (unpaired) electrons. The SMILES string of the molecule is O=Cc1ccc(C(=O)ON(OCc2ccccc2)C(=O)c2ccccc2)cc1. The normalized spacial score (nSPS) is 10.1. The number of nitrogens with zero attached hydrogens (tertiary/aromatic N) is 1. The molecule has 0 spiro atoms. The molecule has 0 aliphatic rings. The van der Waals surface area contributed by atoms with Crippen molar-refractivity contribution in [3.8, 4) is 0 Å². The van der Waals surface area contributed by atoms with Crippen molar-refractivity contribution in [2.24, 2.45) is 0 Å². The Balaban J connectivity index is 1.77. The van der Waals surface area contributed by atoms with Gasteiger partial charge in [0, 0.05) is 11.1 Å². The molecule has 0 fully saturated rings. The molecule has 6 nitrogen and oxygen atoms in total. The molecule has 6 heteroatoms. The van der Waals surface area contributed by atoms with Crippen LogP contribution in [-0.4, -0.2) is 23.4 Å². The van der Waals surface area contributed by atoms with Gasteiger partial charge in [-0.05, 0) is 35.1 Å². The summed E-state index contributed by atoms with van der Waals surface area (Å²) in [6, 6.07) is 23.4. The third kappa shape index (κ3) is 4.90. The van der Waals surface area contributed by atoms with Crippen LogP contribution in [0.5, 0.6) is 0 Å². The number of carbonyl (C=O) groups excluding carboxylic acids is 3.